The van der Waals surface area contributed by atoms with Gasteiger partial charge in [-0.05, 0) is 43.5 Å². The van der Waals surface area contributed by atoms with Gasteiger partial charge in [0.1, 0.15) is 18.4 Å². The second kappa shape index (κ2) is 9.07. The lowest BCUT2D eigenvalue weighted by molar-refractivity contribution is -0.659. The molecule has 2 nitrogen and oxygen atoms in total. The minimum atomic E-state index is 0.971. The maximum absolute atomic E-state index is 5.23. The number of rotatable bonds is 4. The molecule has 5 aromatic rings. The number of hydrogen-bond acceptors (Lipinski definition) is 1. The Kier molecular flexibility index (Phi) is 5.81. The molecule has 34 heavy (non-hydrogen) atoms. The summed E-state index contributed by atoms with van der Waals surface area (Å²) in [5, 5.41) is 0. The van der Waals surface area contributed by atoms with Gasteiger partial charge in [-0.15, -0.1) is 0 Å². The molecule has 0 spiro atoms. The van der Waals surface area contributed by atoms with E-state index in [1.165, 1.54) is 33.4 Å². The average molecular weight is 442 g/mol. The number of aryl methyl sites for hydroxylation is 4. The summed E-state index contributed by atoms with van der Waals surface area (Å²) in [4.78, 5) is 5.23. The molecule has 0 amide bonds. The van der Waals surface area contributed by atoms with Crippen LogP contribution in [0.3, 0.4) is 0 Å². The highest BCUT2D eigenvalue weighted by atomic mass is 15.0. The number of aromatic nitrogens is 2. The molecule has 4 aromatic carbocycles. The molecule has 1 heterocycles. The van der Waals surface area contributed by atoms with Gasteiger partial charge in [-0.3, -0.25) is 0 Å². The first-order valence-electron chi connectivity index (χ1n) is 11.7. The van der Waals surface area contributed by atoms with Gasteiger partial charge >= 0.3 is 0 Å². The van der Waals surface area contributed by atoms with Crippen molar-refractivity contribution >= 4 is 0 Å². The van der Waals surface area contributed by atoms with Crippen molar-refractivity contribution in [1.29, 1.82) is 0 Å². The Hall–Kier alpha value is -4.04. The third-order valence-electron chi connectivity index (χ3n) is 6.38. The van der Waals surface area contributed by atoms with E-state index in [1.807, 2.05) is 0 Å². The van der Waals surface area contributed by atoms with Crippen molar-refractivity contribution in [3.8, 4) is 44.9 Å². The van der Waals surface area contributed by atoms with E-state index in [0.717, 1.165) is 28.2 Å². The highest BCUT2D eigenvalue weighted by Gasteiger charge is 2.23. The van der Waals surface area contributed by atoms with Crippen LogP contribution in [0.4, 0.5) is 0 Å². The summed E-state index contributed by atoms with van der Waals surface area (Å²) in [5.41, 5.74) is 12.7. The summed E-state index contributed by atoms with van der Waals surface area (Å²) in [7, 11) is 2.12. The van der Waals surface area contributed by atoms with Crippen molar-refractivity contribution in [3.05, 3.63) is 120 Å². The maximum Gasteiger partial charge on any atom is 0.239 e. The van der Waals surface area contributed by atoms with Gasteiger partial charge < -0.3 is 0 Å². The lowest BCUT2D eigenvalue weighted by Gasteiger charge is -2.13. The van der Waals surface area contributed by atoms with Crippen molar-refractivity contribution in [1.82, 2.24) is 4.98 Å². The van der Waals surface area contributed by atoms with Crippen LogP contribution in [0.25, 0.3) is 44.9 Å². The second-order valence-electron chi connectivity index (χ2n) is 9.06. The Morgan fingerprint density at radius 3 is 1.85 bits per heavy atom. The third kappa shape index (κ3) is 4.27. The average Bonchev–Trinajstić information content (AvgIpc) is 2.85. The maximum atomic E-state index is 5.23. The molecular weight excluding hydrogens is 412 g/mol. The topological polar surface area (TPSA) is 16.8 Å². The first kappa shape index (κ1) is 21.8. The van der Waals surface area contributed by atoms with Crippen LogP contribution in [0.5, 0.6) is 0 Å². The summed E-state index contributed by atoms with van der Waals surface area (Å²) in [6.07, 6.45) is 2.14. The Morgan fingerprint density at radius 1 is 0.588 bits per heavy atom. The van der Waals surface area contributed by atoms with Gasteiger partial charge in [-0.25, -0.2) is 4.98 Å². The Labute approximate surface area is 202 Å². The van der Waals surface area contributed by atoms with Gasteiger partial charge in [0.15, 0.2) is 6.20 Å². The van der Waals surface area contributed by atoms with Crippen molar-refractivity contribution in [2.75, 3.05) is 0 Å². The monoisotopic (exact) mass is 441 g/mol. The molecule has 166 valence electrons. The van der Waals surface area contributed by atoms with E-state index in [2.05, 4.69) is 136 Å². The third-order valence-corrected chi connectivity index (χ3v) is 6.38. The normalized spacial score (nSPS) is 10.9. The van der Waals surface area contributed by atoms with Crippen LogP contribution in [0, 0.1) is 20.8 Å². The molecular formula is C32H29N2+. The van der Waals surface area contributed by atoms with Crippen LogP contribution in [-0.2, 0) is 7.05 Å². The molecule has 0 saturated carbocycles. The zero-order valence-electron chi connectivity index (χ0n) is 20.2. The standard InChI is InChI=1S/C32H29N2/c1-22-10-13-27(14-11-22)30-21-34(4)32(29-19-12-23(2)20-24(29)3)31(33-30)28-17-15-26(16-18-28)25-8-6-5-7-9-25/h5-21H,1-4H3/q+1. The van der Waals surface area contributed by atoms with Gasteiger partial charge in [0.2, 0.25) is 5.69 Å². The molecule has 0 aliphatic heterocycles. The number of nitrogens with zero attached hydrogens (tertiary/aromatic N) is 2. The molecule has 0 unspecified atom stereocenters. The van der Waals surface area contributed by atoms with Crippen LogP contribution >= 0.6 is 0 Å². The van der Waals surface area contributed by atoms with Crippen LogP contribution in [0.2, 0.25) is 0 Å². The summed E-state index contributed by atoms with van der Waals surface area (Å²) >= 11 is 0. The lowest BCUT2D eigenvalue weighted by Crippen LogP contribution is -2.32. The predicted octanol–water partition coefficient (Wildman–Crippen LogP) is 7.50. The number of hydrogen-bond donors (Lipinski definition) is 0. The van der Waals surface area contributed by atoms with Gasteiger partial charge in [0.25, 0.3) is 0 Å². The quantitative estimate of drug-likeness (QED) is 0.264. The SMILES string of the molecule is Cc1ccc(-c2c[n+](C)c(-c3ccc(C)cc3C)c(-c3ccc(-c4ccccc4)cc3)n2)cc1. The highest BCUT2D eigenvalue weighted by Crippen LogP contribution is 2.33. The zero-order chi connectivity index (χ0) is 23.7. The van der Waals surface area contributed by atoms with Gasteiger partial charge in [0, 0.05) is 11.1 Å². The summed E-state index contributed by atoms with van der Waals surface area (Å²) in [6.45, 7) is 6.43. The fourth-order valence-corrected chi connectivity index (χ4v) is 4.53. The van der Waals surface area contributed by atoms with E-state index in [0.29, 0.717) is 0 Å². The molecule has 0 aliphatic carbocycles. The first-order chi connectivity index (χ1) is 16.5. The largest absolute Gasteiger partial charge is 0.239 e. The Bertz CT molecular complexity index is 1450. The molecule has 0 fully saturated rings. The minimum Gasteiger partial charge on any atom is -0.234 e. The molecule has 0 atom stereocenters. The lowest BCUT2D eigenvalue weighted by atomic mass is 9.96. The van der Waals surface area contributed by atoms with Crippen molar-refractivity contribution in [2.24, 2.45) is 7.05 Å². The van der Waals surface area contributed by atoms with Crippen LogP contribution in [0.15, 0.2) is 103 Å². The van der Waals surface area contributed by atoms with Crippen LogP contribution < -0.4 is 4.57 Å². The molecule has 0 saturated heterocycles. The van der Waals surface area contributed by atoms with Crippen LogP contribution in [0.1, 0.15) is 16.7 Å². The summed E-state index contributed by atoms with van der Waals surface area (Å²) < 4.78 is 2.22. The fourth-order valence-electron chi connectivity index (χ4n) is 4.53. The fraction of sp³-hybridized carbons (Fsp3) is 0.125. The zero-order valence-corrected chi connectivity index (χ0v) is 20.2. The van der Waals surface area contributed by atoms with E-state index in [9.17, 15) is 0 Å². The van der Waals surface area contributed by atoms with E-state index in [-0.39, 0.29) is 0 Å². The second-order valence-corrected chi connectivity index (χ2v) is 9.06. The smallest absolute Gasteiger partial charge is 0.234 e. The van der Waals surface area contributed by atoms with E-state index in [4.69, 9.17) is 4.98 Å². The summed E-state index contributed by atoms with van der Waals surface area (Å²) in [6, 6.07) is 34.5. The highest BCUT2D eigenvalue weighted by molar-refractivity contribution is 5.80. The molecule has 1 aromatic heterocycles. The van der Waals surface area contributed by atoms with Crippen molar-refractivity contribution < 1.29 is 4.57 Å². The van der Waals surface area contributed by atoms with Gasteiger partial charge in [-0.2, -0.15) is 4.57 Å². The Morgan fingerprint density at radius 2 is 1.18 bits per heavy atom. The summed E-state index contributed by atoms with van der Waals surface area (Å²) in [5.74, 6) is 0. The van der Waals surface area contributed by atoms with E-state index < -0.39 is 0 Å². The Balaban J connectivity index is 1.70. The van der Waals surface area contributed by atoms with Crippen molar-refractivity contribution in [2.45, 2.75) is 20.8 Å². The first-order valence-corrected chi connectivity index (χ1v) is 11.7. The molecule has 2 heteroatoms. The van der Waals surface area contributed by atoms with E-state index >= 15 is 0 Å². The predicted molar refractivity (Wildman–Crippen MR) is 141 cm³/mol. The van der Waals surface area contributed by atoms with Gasteiger partial charge in [0.05, 0.1) is 5.56 Å². The van der Waals surface area contributed by atoms with E-state index in [1.54, 1.807) is 0 Å². The molecule has 0 aliphatic rings. The van der Waals surface area contributed by atoms with Crippen molar-refractivity contribution in [3.63, 3.8) is 0 Å². The molecule has 0 radical (unpaired) electrons. The molecule has 0 bridgehead atoms. The van der Waals surface area contributed by atoms with Crippen LogP contribution in [-0.4, -0.2) is 4.98 Å². The molecule has 5 rings (SSSR count). The number of benzene rings is 4. The van der Waals surface area contributed by atoms with Gasteiger partial charge in [-0.1, -0.05) is 102 Å². The molecule has 0 N–H and O–H groups in total. The minimum absolute atomic E-state index is 0.971.